The van der Waals surface area contributed by atoms with Crippen molar-refractivity contribution in [1.29, 1.82) is 0 Å². The van der Waals surface area contributed by atoms with Crippen molar-refractivity contribution in [3.05, 3.63) is 101 Å². The first-order chi connectivity index (χ1) is 15.1. The summed E-state index contributed by atoms with van der Waals surface area (Å²) in [5.41, 5.74) is 2.39. The van der Waals surface area contributed by atoms with Crippen molar-refractivity contribution < 1.29 is 9.52 Å². The van der Waals surface area contributed by atoms with Gasteiger partial charge in [0.2, 0.25) is 0 Å². The number of phenols is 1. The smallest absolute Gasteiger partial charge is 0.174 e. The zero-order valence-electron chi connectivity index (χ0n) is 16.4. The van der Waals surface area contributed by atoms with E-state index in [-0.39, 0.29) is 17.8 Å². The predicted octanol–water partition coefficient (Wildman–Crippen LogP) is 5.06. The summed E-state index contributed by atoms with van der Waals surface area (Å²) in [6.45, 7) is 0.572. The van der Waals surface area contributed by atoms with Gasteiger partial charge in [0.05, 0.1) is 30.2 Å². The molecule has 4 heterocycles. The zero-order valence-corrected chi connectivity index (χ0v) is 17.9. The highest BCUT2D eigenvalue weighted by atomic mass is 35.5. The van der Waals surface area contributed by atoms with Crippen molar-refractivity contribution in [3.63, 3.8) is 0 Å². The number of halogens is 1. The van der Waals surface area contributed by atoms with Crippen LogP contribution in [0.2, 0.25) is 5.02 Å². The first-order valence-corrected chi connectivity index (χ1v) is 10.6. The minimum absolute atomic E-state index is 0.101. The molecule has 1 aliphatic heterocycles. The highest BCUT2D eigenvalue weighted by Crippen LogP contribution is 2.45. The van der Waals surface area contributed by atoms with Gasteiger partial charge in [-0.1, -0.05) is 17.7 Å². The van der Waals surface area contributed by atoms with Gasteiger partial charge in [-0.05, 0) is 66.8 Å². The number of thiocarbonyl (C=S) groups is 1. The number of hydrogen-bond donors (Lipinski definition) is 2. The maximum absolute atomic E-state index is 10.6. The monoisotopic (exact) mass is 450 g/mol. The Labute approximate surface area is 189 Å². The molecule has 1 aliphatic rings. The first-order valence-electron chi connectivity index (χ1n) is 9.78. The van der Waals surface area contributed by atoms with E-state index in [4.69, 9.17) is 28.2 Å². The second-order valence-electron chi connectivity index (χ2n) is 7.27. The third-order valence-electron chi connectivity index (χ3n) is 5.37. The Balaban J connectivity index is 1.64. The van der Waals surface area contributed by atoms with E-state index >= 15 is 0 Å². The van der Waals surface area contributed by atoms with Crippen LogP contribution in [0.3, 0.4) is 0 Å². The summed E-state index contributed by atoms with van der Waals surface area (Å²) < 4.78 is 7.67. The molecule has 3 aromatic heterocycles. The first kappa shape index (κ1) is 19.7. The lowest BCUT2D eigenvalue weighted by molar-refractivity contribution is 0.465. The van der Waals surface area contributed by atoms with Crippen LogP contribution in [0.15, 0.2) is 83.7 Å². The summed E-state index contributed by atoms with van der Waals surface area (Å²) in [6, 6.07) is 18.1. The Kier molecular flexibility index (Phi) is 5.13. The molecule has 6 nitrogen and oxygen atoms in total. The molecule has 31 heavy (non-hydrogen) atoms. The Morgan fingerprint density at radius 2 is 2.03 bits per heavy atom. The SMILES string of the molecule is Oc1ccc(Cl)cc1N1C(=S)NC(c2ccccn2)C1c1cccn1Cc1ccco1. The summed E-state index contributed by atoms with van der Waals surface area (Å²) in [4.78, 5) is 6.47. The third kappa shape index (κ3) is 3.66. The fraction of sp³-hybridized carbons (Fsp3) is 0.130. The molecule has 4 aromatic rings. The molecule has 0 saturated carbocycles. The topological polar surface area (TPSA) is 66.5 Å². The molecule has 2 unspecified atom stereocenters. The number of benzene rings is 1. The van der Waals surface area contributed by atoms with E-state index in [1.54, 1.807) is 30.7 Å². The maximum Gasteiger partial charge on any atom is 0.174 e. The van der Waals surface area contributed by atoms with Gasteiger partial charge in [0.1, 0.15) is 17.6 Å². The molecule has 2 atom stereocenters. The number of anilines is 1. The molecule has 0 amide bonds. The number of hydrogen-bond acceptors (Lipinski definition) is 4. The summed E-state index contributed by atoms with van der Waals surface area (Å²) in [7, 11) is 0. The van der Waals surface area contributed by atoms with Crippen LogP contribution in [0.5, 0.6) is 5.75 Å². The Hall–Kier alpha value is -3.29. The van der Waals surface area contributed by atoms with Crippen LogP contribution in [0.1, 0.15) is 29.2 Å². The van der Waals surface area contributed by atoms with Crippen LogP contribution < -0.4 is 10.2 Å². The molecule has 1 saturated heterocycles. The van der Waals surface area contributed by atoms with Crippen molar-refractivity contribution in [3.8, 4) is 5.75 Å². The molecule has 0 bridgehead atoms. The summed E-state index contributed by atoms with van der Waals surface area (Å²) in [5.74, 6) is 0.946. The number of nitrogens with zero attached hydrogens (tertiary/aromatic N) is 3. The van der Waals surface area contributed by atoms with Crippen molar-refractivity contribution in [2.45, 2.75) is 18.6 Å². The van der Waals surface area contributed by atoms with E-state index in [9.17, 15) is 5.11 Å². The van der Waals surface area contributed by atoms with E-state index in [1.807, 2.05) is 53.6 Å². The van der Waals surface area contributed by atoms with Gasteiger partial charge in [-0.15, -0.1) is 0 Å². The molecular formula is C23H19ClN4O2S. The number of pyridine rings is 1. The molecular weight excluding hydrogens is 432 g/mol. The lowest BCUT2D eigenvalue weighted by Gasteiger charge is -2.29. The lowest BCUT2D eigenvalue weighted by Crippen LogP contribution is -2.30. The summed E-state index contributed by atoms with van der Waals surface area (Å²) in [5, 5.41) is 15.0. The minimum atomic E-state index is -0.267. The van der Waals surface area contributed by atoms with Gasteiger partial charge >= 0.3 is 0 Å². The van der Waals surface area contributed by atoms with Crippen molar-refractivity contribution in [2.24, 2.45) is 0 Å². The van der Waals surface area contributed by atoms with Crippen molar-refractivity contribution >= 4 is 34.6 Å². The fourth-order valence-electron chi connectivity index (χ4n) is 4.01. The molecule has 1 fully saturated rings. The lowest BCUT2D eigenvalue weighted by atomic mass is 10.0. The Morgan fingerprint density at radius 3 is 2.81 bits per heavy atom. The number of nitrogens with one attached hydrogen (secondary N) is 1. The second-order valence-corrected chi connectivity index (χ2v) is 8.09. The van der Waals surface area contributed by atoms with E-state index in [0.29, 0.717) is 22.4 Å². The van der Waals surface area contributed by atoms with Gasteiger partial charge in [0, 0.05) is 23.1 Å². The standard InChI is InChI=1S/C23H19ClN4O2S/c24-15-8-9-20(29)19(13-15)28-22(21(26-23(28)31)17-6-1-2-10-25-17)18-7-3-11-27(18)14-16-5-4-12-30-16/h1-13,21-22,29H,14H2,(H,26,31). The normalized spacial score (nSPS) is 18.4. The summed E-state index contributed by atoms with van der Waals surface area (Å²) in [6.07, 6.45) is 5.43. The highest BCUT2D eigenvalue weighted by molar-refractivity contribution is 7.80. The maximum atomic E-state index is 10.6. The van der Waals surface area contributed by atoms with E-state index in [2.05, 4.69) is 14.9 Å². The number of aromatic nitrogens is 2. The van der Waals surface area contributed by atoms with Gasteiger partial charge in [-0.3, -0.25) is 4.98 Å². The quantitative estimate of drug-likeness (QED) is 0.414. The summed E-state index contributed by atoms with van der Waals surface area (Å²) >= 11 is 12.0. The molecule has 2 N–H and O–H groups in total. The predicted molar refractivity (Wildman–Crippen MR) is 123 cm³/mol. The Morgan fingerprint density at radius 1 is 1.13 bits per heavy atom. The van der Waals surface area contributed by atoms with Crippen LogP contribution in [-0.2, 0) is 6.54 Å². The van der Waals surface area contributed by atoms with Crippen LogP contribution in [-0.4, -0.2) is 19.8 Å². The van der Waals surface area contributed by atoms with Crippen LogP contribution in [0.4, 0.5) is 5.69 Å². The number of furan rings is 1. The van der Waals surface area contributed by atoms with Crippen LogP contribution in [0, 0.1) is 0 Å². The van der Waals surface area contributed by atoms with E-state index in [1.165, 1.54) is 0 Å². The fourth-order valence-corrected chi connectivity index (χ4v) is 4.52. The molecule has 0 radical (unpaired) electrons. The van der Waals surface area contributed by atoms with Crippen LogP contribution in [0.25, 0.3) is 0 Å². The zero-order chi connectivity index (χ0) is 21.4. The highest BCUT2D eigenvalue weighted by Gasteiger charge is 2.43. The minimum Gasteiger partial charge on any atom is -0.506 e. The van der Waals surface area contributed by atoms with Gasteiger partial charge in [0.25, 0.3) is 0 Å². The third-order valence-corrected chi connectivity index (χ3v) is 5.92. The van der Waals surface area contributed by atoms with E-state index < -0.39 is 0 Å². The van der Waals surface area contributed by atoms with Crippen molar-refractivity contribution in [1.82, 2.24) is 14.9 Å². The van der Waals surface area contributed by atoms with Gasteiger partial charge in [-0.2, -0.15) is 0 Å². The van der Waals surface area contributed by atoms with Gasteiger partial charge in [0.15, 0.2) is 5.11 Å². The average Bonchev–Trinajstić information content (AvgIpc) is 3.51. The van der Waals surface area contributed by atoms with Crippen LogP contribution >= 0.6 is 23.8 Å². The molecule has 8 heteroatoms. The van der Waals surface area contributed by atoms with E-state index in [0.717, 1.165) is 17.1 Å². The van der Waals surface area contributed by atoms with Gasteiger partial charge < -0.3 is 24.3 Å². The second kappa shape index (κ2) is 8.09. The number of aromatic hydroxyl groups is 1. The molecule has 156 valence electrons. The average molecular weight is 451 g/mol. The molecule has 1 aromatic carbocycles. The molecule has 5 rings (SSSR count). The number of rotatable bonds is 5. The Bertz CT molecular complexity index is 1210. The van der Waals surface area contributed by atoms with Crippen molar-refractivity contribution in [2.75, 3.05) is 4.90 Å². The largest absolute Gasteiger partial charge is 0.506 e. The molecule has 0 aliphatic carbocycles. The number of phenolic OH excluding ortho intramolecular Hbond substituents is 1. The molecule has 0 spiro atoms. The van der Waals surface area contributed by atoms with Gasteiger partial charge in [-0.25, -0.2) is 0 Å².